The number of carbonyl (C=O) groups is 2. The number of nitrogens with zero attached hydrogens (tertiary/aromatic N) is 2. The molecule has 0 aliphatic carbocycles. The highest BCUT2D eigenvalue weighted by molar-refractivity contribution is 7.76. The summed E-state index contributed by atoms with van der Waals surface area (Å²) in [6, 6.07) is 28.2. The van der Waals surface area contributed by atoms with Crippen LogP contribution in [0.4, 0.5) is 5.69 Å². The molecule has 2 saturated heterocycles. The van der Waals surface area contributed by atoms with Crippen LogP contribution in [0.3, 0.4) is 0 Å². The zero-order valence-corrected chi connectivity index (χ0v) is 38.3. The van der Waals surface area contributed by atoms with E-state index in [1.807, 2.05) is 92.1 Å². The molecule has 2 amide bonds. The van der Waals surface area contributed by atoms with Crippen LogP contribution in [0.5, 0.6) is 11.5 Å². The van der Waals surface area contributed by atoms with Crippen molar-refractivity contribution in [1.29, 1.82) is 0 Å². The van der Waals surface area contributed by atoms with E-state index in [0.29, 0.717) is 18.8 Å². The molecule has 9 nitrogen and oxygen atoms in total. The summed E-state index contributed by atoms with van der Waals surface area (Å²) in [7, 11) is 19.9. The zero-order chi connectivity index (χ0) is 46.0. The standard InChI is InChI=1S/C25H30N2O2.C24H29N3O2.B6/c1-4-27(5-2)24(28)20-9-7-19(8-10-20)22-17-25(12-14-26-15-13-25)29-23-11-6-18(3)16-21(22)23;1-3-27(4-2)23(28)18-7-5-17(6-8-18)21-16-24(11-13-26-14-12-24)29-22-10-9-19(25)15-20(21)22;1-5(2)6(3)4/h6-11,16-17,26H,4-5,12-15H2,1-3H3;5-10,15-16,26H,3-4,11-14,25H2,1-2H3;. The molecular weight excluding hydrogens is 787 g/mol. The lowest BCUT2D eigenvalue weighted by molar-refractivity contribution is 0.0765. The maximum Gasteiger partial charge on any atom is 0.253 e. The minimum Gasteiger partial charge on any atom is -0.482 e. The molecular formula is C49H59B6N5O4. The maximum atomic E-state index is 12.7. The zero-order valence-electron chi connectivity index (χ0n) is 38.3. The average Bonchev–Trinajstić information content (AvgIpc) is 3.30. The van der Waals surface area contributed by atoms with E-state index in [9.17, 15) is 9.59 Å². The Bertz CT molecular complexity index is 2120. The van der Waals surface area contributed by atoms with Gasteiger partial charge < -0.3 is 35.6 Å². The van der Waals surface area contributed by atoms with E-state index in [0.717, 1.165) is 115 Å². The summed E-state index contributed by atoms with van der Waals surface area (Å²) in [4.78, 5) is 29.0. The first kappa shape index (κ1) is 48.5. The topological polar surface area (TPSA) is 109 Å². The molecule has 64 heavy (non-hydrogen) atoms. The van der Waals surface area contributed by atoms with Gasteiger partial charge in [-0.3, -0.25) is 9.59 Å². The van der Waals surface area contributed by atoms with E-state index in [-0.39, 0.29) is 23.0 Å². The lowest BCUT2D eigenvalue weighted by Gasteiger charge is -2.40. The summed E-state index contributed by atoms with van der Waals surface area (Å²) in [6.07, 6.45) is 7.17. The first-order valence-electron chi connectivity index (χ1n) is 22.8. The highest BCUT2D eigenvalue weighted by atomic mass is 16.5. The highest BCUT2D eigenvalue weighted by Gasteiger charge is 2.38. The number of hydrogen-bond donors (Lipinski definition) is 3. The summed E-state index contributed by atoms with van der Waals surface area (Å²) in [5.41, 5.74) is 15.6. The largest absolute Gasteiger partial charge is 0.482 e. The fraction of sp³-hybridized carbons (Fsp3) is 0.388. The van der Waals surface area contributed by atoms with Crippen molar-refractivity contribution < 1.29 is 19.1 Å². The Morgan fingerprint density at radius 2 is 0.969 bits per heavy atom. The van der Waals surface area contributed by atoms with Gasteiger partial charge in [0.05, 0.1) is 0 Å². The minimum atomic E-state index is -0.593. The Hall–Kier alpha value is -4.99. The number of amides is 2. The van der Waals surface area contributed by atoms with Gasteiger partial charge in [0.15, 0.2) is 0 Å². The number of nitrogens with one attached hydrogen (secondary N) is 2. The second-order valence-electron chi connectivity index (χ2n) is 17.0. The quantitative estimate of drug-likeness (QED) is 0.144. The van der Waals surface area contributed by atoms with Crippen LogP contribution in [0.15, 0.2) is 97.1 Å². The third-order valence-electron chi connectivity index (χ3n) is 12.5. The fourth-order valence-corrected chi connectivity index (χ4v) is 8.61. The second kappa shape index (κ2) is 21.8. The van der Waals surface area contributed by atoms with Crippen molar-refractivity contribution in [2.24, 2.45) is 0 Å². The Labute approximate surface area is 387 Å². The molecule has 0 atom stereocenters. The van der Waals surface area contributed by atoms with Crippen LogP contribution in [-0.4, -0.2) is 129 Å². The molecule has 4 heterocycles. The first-order valence-corrected chi connectivity index (χ1v) is 22.8. The molecule has 4 aromatic rings. The van der Waals surface area contributed by atoms with E-state index in [2.05, 4.69) is 60.0 Å². The number of carbonyl (C=O) groups excluding carboxylic acids is 2. The average molecular weight is 847 g/mol. The number of rotatable bonds is 9. The Morgan fingerprint density at radius 3 is 1.34 bits per heavy atom. The number of nitrogens with two attached hydrogens (primary N) is 1. The van der Waals surface area contributed by atoms with Gasteiger partial charge in [0, 0.05) is 124 Å². The normalized spacial score (nSPS) is 16.3. The third-order valence-corrected chi connectivity index (χ3v) is 12.5. The van der Waals surface area contributed by atoms with Crippen LogP contribution in [0, 0.1) is 6.92 Å². The molecule has 0 saturated carbocycles. The number of ether oxygens (including phenoxy) is 2. The molecule has 4 aliphatic heterocycles. The van der Waals surface area contributed by atoms with Gasteiger partial charge in [0.2, 0.25) is 0 Å². The van der Waals surface area contributed by atoms with Crippen molar-refractivity contribution in [3.05, 3.63) is 136 Å². The van der Waals surface area contributed by atoms with Crippen LogP contribution >= 0.6 is 0 Å². The van der Waals surface area contributed by atoms with Gasteiger partial charge in [-0.2, -0.15) is 0 Å². The Balaban J connectivity index is 0.000000189. The molecule has 4 N–H and O–H groups in total. The van der Waals surface area contributed by atoms with E-state index in [1.54, 1.807) is 0 Å². The molecule has 2 fully saturated rings. The summed E-state index contributed by atoms with van der Waals surface area (Å²) in [5.74, 6) is 2.00. The van der Waals surface area contributed by atoms with Crippen molar-refractivity contribution in [2.75, 3.05) is 58.1 Å². The number of hydrogen-bond acceptors (Lipinski definition) is 7. The third kappa shape index (κ3) is 11.4. The molecule has 8 radical (unpaired) electrons. The van der Waals surface area contributed by atoms with Gasteiger partial charge in [0.25, 0.3) is 11.8 Å². The molecule has 0 aromatic heterocycles. The van der Waals surface area contributed by atoms with Gasteiger partial charge in [0.1, 0.15) is 22.7 Å². The predicted molar refractivity (Wildman–Crippen MR) is 269 cm³/mol. The number of anilines is 1. The summed E-state index contributed by atoms with van der Waals surface area (Å²) < 4.78 is 13.0. The van der Waals surface area contributed by atoms with Crippen molar-refractivity contribution >= 4 is 72.4 Å². The van der Waals surface area contributed by atoms with Crippen molar-refractivity contribution in [3.63, 3.8) is 0 Å². The molecule has 4 aliphatic rings. The van der Waals surface area contributed by atoms with Gasteiger partial charge in [-0.15, -0.1) is 0 Å². The summed E-state index contributed by atoms with van der Waals surface area (Å²) >= 11 is 0. The number of benzene rings is 4. The number of nitrogen functional groups attached to an aromatic ring is 1. The number of aryl methyl sites for hydroxylation is 1. The Morgan fingerprint density at radius 1 is 0.594 bits per heavy atom. The Kier molecular flexibility index (Phi) is 16.5. The second-order valence-corrected chi connectivity index (χ2v) is 17.0. The van der Waals surface area contributed by atoms with Gasteiger partial charge in [-0.05, 0) is 150 Å². The van der Waals surface area contributed by atoms with Crippen LogP contribution in [0.2, 0.25) is 0 Å². The molecule has 322 valence electrons. The molecule has 2 spiro atoms. The highest BCUT2D eigenvalue weighted by Crippen LogP contribution is 2.44. The minimum absolute atomic E-state index is 0.0713. The smallest absolute Gasteiger partial charge is 0.253 e. The monoisotopic (exact) mass is 848 g/mol. The van der Waals surface area contributed by atoms with Crippen molar-refractivity contribution in [3.8, 4) is 11.5 Å². The SMILES string of the molecule is CCN(CC)C(=O)c1ccc(C2=CC3(CCNCC3)Oc3ccc(C)cc32)cc1.CCN(CC)C(=O)c1ccc(C2=CC3(CCNCC3)Oc3ccc(N)cc32)cc1.[B]B([B])B([B])[B]. The molecule has 0 bridgehead atoms. The van der Waals surface area contributed by atoms with E-state index in [1.165, 1.54) is 11.1 Å². The number of piperidine rings is 2. The molecule has 0 unspecified atom stereocenters. The van der Waals surface area contributed by atoms with Crippen LogP contribution in [0.1, 0.15) is 102 Å². The van der Waals surface area contributed by atoms with Crippen LogP contribution in [-0.2, 0) is 0 Å². The van der Waals surface area contributed by atoms with Gasteiger partial charge in [-0.1, -0.05) is 35.9 Å². The van der Waals surface area contributed by atoms with E-state index >= 15 is 0 Å². The maximum absolute atomic E-state index is 12.7. The molecule has 8 rings (SSSR count). The predicted octanol–water partition coefficient (Wildman–Crippen LogP) is 5.84. The lowest BCUT2D eigenvalue weighted by atomic mass is 8.81. The van der Waals surface area contributed by atoms with E-state index < -0.39 is 12.8 Å². The van der Waals surface area contributed by atoms with Crippen LogP contribution < -0.4 is 25.8 Å². The van der Waals surface area contributed by atoms with Gasteiger partial charge in [-0.25, -0.2) is 0 Å². The summed E-state index contributed by atoms with van der Waals surface area (Å²) in [5, 5.41) is 6.85. The first-order chi connectivity index (χ1) is 30.7. The lowest BCUT2D eigenvalue weighted by Crippen LogP contribution is -2.46. The van der Waals surface area contributed by atoms with Crippen molar-refractivity contribution in [1.82, 2.24) is 20.4 Å². The molecule has 15 heteroatoms. The van der Waals surface area contributed by atoms with E-state index in [4.69, 9.17) is 46.2 Å². The number of fused-ring (bicyclic) bond motifs is 2. The molecule has 4 aromatic carbocycles. The fourth-order valence-electron chi connectivity index (χ4n) is 8.61. The summed E-state index contributed by atoms with van der Waals surface area (Å²) in [6.45, 7) is 16.8. The van der Waals surface area contributed by atoms with Crippen molar-refractivity contribution in [2.45, 2.75) is 71.5 Å². The van der Waals surface area contributed by atoms with Crippen LogP contribution in [0.25, 0.3) is 11.1 Å². The van der Waals surface area contributed by atoms with Gasteiger partial charge >= 0.3 is 0 Å².